The van der Waals surface area contributed by atoms with Crippen LogP contribution in [-0.4, -0.2) is 59.0 Å². The van der Waals surface area contributed by atoms with E-state index in [1.54, 1.807) is 61.5 Å². The molecular formula is C36H31Cl2N3O8. The molecule has 252 valence electrons. The van der Waals surface area contributed by atoms with Crippen LogP contribution in [0.5, 0.6) is 11.5 Å². The summed E-state index contributed by atoms with van der Waals surface area (Å²) in [6, 6.07) is 16.6. The summed E-state index contributed by atoms with van der Waals surface area (Å²) >= 11 is 12.6. The van der Waals surface area contributed by atoms with Gasteiger partial charge >= 0.3 is 6.09 Å². The minimum Gasteiger partial charge on any atom is -0.507 e. The van der Waals surface area contributed by atoms with Gasteiger partial charge in [-0.1, -0.05) is 65.2 Å². The predicted molar refractivity (Wildman–Crippen MR) is 178 cm³/mol. The van der Waals surface area contributed by atoms with Crippen molar-refractivity contribution in [2.24, 2.45) is 23.7 Å². The summed E-state index contributed by atoms with van der Waals surface area (Å²) in [5, 5.41) is 13.1. The van der Waals surface area contributed by atoms with E-state index in [1.807, 2.05) is 6.08 Å². The number of phenols is 1. The zero-order valence-corrected chi connectivity index (χ0v) is 28.1. The van der Waals surface area contributed by atoms with Crippen molar-refractivity contribution in [3.05, 3.63) is 99.0 Å². The highest BCUT2D eigenvalue weighted by molar-refractivity contribution is 6.36. The van der Waals surface area contributed by atoms with Crippen LogP contribution in [0.25, 0.3) is 0 Å². The molecule has 2 saturated heterocycles. The molecule has 2 N–H and O–H groups in total. The van der Waals surface area contributed by atoms with E-state index in [4.69, 9.17) is 32.7 Å². The Kier molecular flexibility index (Phi) is 7.95. The van der Waals surface area contributed by atoms with Crippen LogP contribution in [0, 0.1) is 30.6 Å². The molecule has 11 nitrogen and oxygen atoms in total. The van der Waals surface area contributed by atoms with Gasteiger partial charge < -0.3 is 14.6 Å². The van der Waals surface area contributed by atoms with Gasteiger partial charge in [-0.25, -0.2) is 4.79 Å². The van der Waals surface area contributed by atoms with Gasteiger partial charge in [0.1, 0.15) is 11.5 Å². The number of fused-ring (bicyclic) bond motifs is 4. The lowest BCUT2D eigenvalue weighted by molar-refractivity contribution is -0.140. The highest BCUT2D eigenvalue weighted by atomic mass is 35.5. The normalized spacial score (nSPS) is 27.4. The second kappa shape index (κ2) is 11.9. The van der Waals surface area contributed by atoms with Gasteiger partial charge in [0.15, 0.2) is 0 Å². The largest absolute Gasteiger partial charge is 0.507 e. The summed E-state index contributed by atoms with van der Waals surface area (Å²) < 4.78 is 10.2. The number of aryl methyl sites for hydroxylation is 1. The lowest BCUT2D eigenvalue weighted by Crippen LogP contribution is -2.53. The van der Waals surface area contributed by atoms with E-state index in [1.165, 1.54) is 13.2 Å². The second-order valence-corrected chi connectivity index (χ2v) is 13.6. The van der Waals surface area contributed by atoms with Gasteiger partial charge in [-0.15, -0.1) is 0 Å². The fourth-order valence-corrected chi connectivity index (χ4v) is 8.82. The first kappa shape index (κ1) is 32.7. The fourth-order valence-electron chi connectivity index (χ4n) is 8.37. The summed E-state index contributed by atoms with van der Waals surface area (Å²) in [5.41, 5.74) is 3.58. The zero-order valence-electron chi connectivity index (χ0n) is 26.6. The number of carbonyl (C=O) groups excluding carboxylic acids is 5. The number of likely N-dealkylation sites (tertiary alicyclic amines) is 1. The summed E-state index contributed by atoms with van der Waals surface area (Å²) in [7, 11) is 2.60. The number of hydrogen-bond donors (Lipinski definition) is 2. The molecule has 0 radical (unpaired) electrons. The van der Waals surface area contributed by atoms with Crippen LogP contribution in [0.4, 0.5) is 10.5 Å². The zero-order chi connectivity index (χ0) is 34.9. The van der Waals surface area contributed by atoms with Gasteiger partial charge in [0.05, 0.1) is 48.1 Å². The first-order valence-corrected chi connectivity index (χ1v) is 16.4. The lowest BCUT2D eigenvalue weighted by atomic mass is 9.49. The molecule has 2 aliphatic heterocycles. The van der Waals surface area contributed by atoms with Crippen molar-refractivity contribution in [3.8, 4) is 11.5 Å². The van der Waals surface area contributed by atoms with Crippen molar-refractivity contribution < 1.29 is 38.6 Å². The maximum Gasteiger partial charge on any atom is 0.423 e. The predicted octanol–water partition coefficient (Wildman–Crippen LogP) is 5.77. The Labute approximate surface area is 291 Å². The number of ether oxygens (including phenoxy) is 2. The van der Waals surface area contributed by atoms with Crippen LogP contribution in [0.2, 0.25) is 10.0 Å². The number of nitrogens with one attached hydrogen (secondary N) is 1. The Morgan fingerprint density at radius 2 is 1.69 bits per heavy atom. The molecule has 0 aromatic heterocycles. The van der Waals surface area contributed by atoms with Gasteiger partial charge in [0.25, 0.3) is 11.8 Å². The quantitative estimate of drug-likeness (QED) is 0.250. The Hall–Kier alpha value is -4.87. The van der Waals surface area contributed by atoms with Gasteiger partial charge in [0, 0.05) is 16.5 Å². The number of methoxy groups -OCH3 is 2. The Bertz CT molecular complexity index is 1980. The number of halogens is 2. The van der Waals surface area contributed by atoms with Crippen LogP contribution in [0.1, 0.15) is 35.4 Å². The summed E-state index contributed by atoms with van der Waals surface area (Å²) in [5.74, 6) is -6.78. The van der Waals surface area contributed by atoms with E-state index in [0.717, 1.165) is 12.1 Å². The topological polar surface area (TPSA) is 143 Å². The van der Waals surface area contributed by atoms with Crippen LogP contribution in [-0.2, 0) is 29.3 Å². The molecule has 5 amide bonds. The molecule has 2 heterocycles. The molecule has 2 aliphatic carbocycles. The van der Waals surface area contributed by atoms with Crippen molar-refractivity contribution in [1.29, 1.82) is 0 Å². The van der Waals surface area contributed by atoms with E-state index in [2.05, 4.69) is 5.43 Å². The number of amides is 5. The van der Waals surface area contributed by atoms with Gasteiger partial charge in [-0.05, 0) is 67.1 Å². The number of anilines is 1. The van der Waals surface area contributed by atoms with Crippen molar-refractivity contribution in [2.75, 3.05) is 19.6 Å². The molecule has 49 heavy (non-hydrogen) atoms. The SMILES string of the molecule is COC(=O)N1C(=O)C2CC=C3C(CC4C(=O)N(Nc5ccc(Cl)cc5Cl)C(=O)C4(c4ccc(OC)cc4)C3c3cccc(C)c3O)C2C1=O. The van der Waals surface area contributed by atoms with E-state index < -0.39 is 64.7 Å². The first-order valence-electron chi connectivity index (χ1n) is 15.6. The Morgan fingerprint density at radius 1 is 0.959 bits per heavy atom. The molecule has 7 rings (SSSR count). The maximum absolute atomic E-state index is 15.2. The molecular weight excluding hydrogens is 673 g/mol. The molecule has 0 spiro atoms. The molecule has 3 aromatic rings. The van der Waals surface area contributed by atoms with Crippen molar-refractivity contribution in [2.45, 2.75) is 31.1 Å². The number of nitrogens with zero attached hydrogens (tertiary/aromatic N) is 2. The number of aromatic hydroxyl groups is 1. The number of imide groups is 4. The number of rotatable bonds is 5. The minimum atomic E-state index is -1.64. The van der Waals surface area contributed by atoms with Gasteiger partial charge in [0.2, 0.25) is 11.8 Å². The van der Waals surface area contributed by atoms with Gasteiger partial charge in [-0.2, -0.15) is 9.91 Å². The third-order valence-corrected chi connectivity index (χ3v) is 11.1. The Morgan fingerprint density at radius 3 is 2.37 bits per heavy atom. The number of hydrazine groups is 1. The fraction of sp³-hybridized carbons (Fsp3) is 0.306. The number of hydrogen-bond acceptors (Lipinski definition) is 9. The summed E-state index contributed by atoms with van der Waals surface area (Å²) in [6.07, 6.45) is 0.846. The van der Waals surface area contributed by atoms with E-state index in [9.17, 15) is 24.3 Å². The van der Waals surface area contributed by atoms with Crippen molar-refractivity contribution in [1.82, 2.24) is 9.91 Å². The van der Waals surface area contributed by atoms with Crippen LogP contribution in [0.15, 0.2) is 72.3 Å². The molecule has 3 fully saturated rings. The van der Waals surface area contributed by atoms with Crippen molar-refractivity contribution >= 4 is 58.6 Å². The van der Waals surface area contributed by atoms with Crippen LogP contribution < -0.4 is 10.2 Å². The number of allylic oxidation sites excluding steroid dienone is 2. The third-order valence-electron chi connectivity index (χ3n) is 10.5. The molecule has 13 heteroatoms. The number of para-hydroxylation sites is 1. The average molecular weight is 705 g/mol. The second-order valence-electron chi connectivity index (χ2n) is 12.7. The molecule has 6 atom stereocenters. The van der Waals surface area contributed by atoms with E-state index in [0.29, 0.717) is 37.9 Å². The average Bonchev–Trinajstić information content (AvgIpc) is 3.47. The van der Waals surface area contributed by atoms with Gasteiger partial charge in [-0.3, -0.25) is 24.6 Å². The number of benzene rings is 3. The first-order chi connectivity index (χ1) is 23.4. The molecule has 1 saturated carbocycles. The number of carbonyl (C=O) groups is 5. The Balaban J connectivity index is 1.47. The van der Waals surface area contributed by atoms with Crippen LogP contribution >= 0.6 is 23.2 Å². The summed E-state index contributed by atoms with van der Waals surface area (Å²) in [6.45, 7) is 1.73. The highest BCUT2D eigenvalue weighted by Crippen LogP contribution is 2.65. The molecule has 4 aliphatic rings. The van der Waals surface area contributed by atoms with E-state index >= 15 is 4.79 Å². The lowest BCUT2D eigenvalue weighted by Gasteiger charge is -2.50. The standard InChI is InChI=1S/C36H31Cl2N3O8/c1-17-5-4-6-23(30(17)42)29-21-12-13-22-28(33(45)40(31(22)43)35(47)49-3)24(21)16-25-32(44)41(39-27-14-9-19(37)15-26(27)38)34(46)36(25,29)18-7-10-20(48-2)11-8-18/h4-12,14-15,22,24-25,28-29,39,42H,13,16H2,1-3H3. The molecule has 6 unspecified atom stereocenters. The smallest absolute Gasteiger partial charge is 0.423 e. The molecule has 3 aromatic carbocycles. The summed E-state index contributed by atoms with van der Waals surface area (Å²) in [4.78, 5) is 70.4. The van der Waals surface area contributed by atoms with E-state index in [-0.39, 0.29) is 29.3 Å². The molecule has 0 bridgehead atoms. The minimum absolute atomic E-state index is 0.00670. The monoisotopic (exact) mass is 703 g/mol. The highest BCUT2D eigenvalue weighted by Gasteiger charge is 2.71. The number of phenolic OH excluding ortho intramolecular Hbond substituents is 1. The third kappa shape index (κ3) is 4.66. The van der Waals surface area contributed by atoms with Crippen LogP contribution in [0.3, 0.4) is 0 Å². The van der Waals surface area contributed by atoms with Crippen molar-refractivity contribution in [3.63, 3.8) is 0 Å². The maximum atomic E-state index is 15.2.